The Balaban J connectivity index is 1.37. The van der Waals surface area contributed by atoms with E-state index in [2.05, 4.69) is 80.2 Å². The normalized spacial score (nSPS) is 17.8. The smallest absolute Gasteiger partial charge is 0.351 e. The van der Waals surface area contributed by atoms with Crippen LogP contribution in [0.25, 0.3) is 0 Å². The Labute approximate surface area is 218 Å². The third-order valence-electron chi connectivity index (χ3n) is 7.75. The van der Waals surface area contributed by atoms with E-state index < -0.39 is 0 Å². The van der Waals surface area contributed by atoms with E-state index >= 15 is 0 Å². The maximum atomic E-state index is 12.3. The highest BCUT2D eigenvalue weighted by atomic mass is 16.6. The molecule has 3 aromatic rings. The van der Waals surface area contributed by atoms with E-state index in [1.165, 1.54) is 17.5 Å². The molecule has 37 heavy (non-hydrogen) atoms. The molecule has 0 radical (unpaired) electrons. The lowest BCUT2D eigenvalue weighted by molar-refractivity contribution is -0.383. The first-order valence-electron chi connectivity index (χ1n) is 13.0. The van der Waals surface area contributed by atoms with Crippen LogP contribution in [0.15, 0.2) is 67.0 Å². The molecule has 9 nitrogen and oxygen atoms in total. The van der Waals surface area contributed by atoms with Crippen LogP contribution >= 0.6 is 0 Å². The van der Waals surface area contributed by atoms with E-state index in [-0.39, 0.29) is 22.7 Å². The third-order valence-corrected chi connectivity index (χ3v) is 7.75. The predicted octanol–water partition coefficient (Wildman–Crippen LogP) is 3.83. The Bertz CT molecular complexity index is 1140. The number of piperidine rings is 1. The van der Waals surface area contributed by atoms with Crippen LogP contribution in [0.2, 0.25) is 0 Å². The summed E-state index contributed by atoms with van der Waals surface area (Å²) < 4.78 is 0. The van der Waals surface area contributed by atoms with E-state index in [1.807, 2.05) is 24.1 Å². The molecule has 194 valence electrons. The molecule has 0 amide bonds. The van der Waals surface area contributed by atoms with E-state index in [0.29, 0.717) is 24.7 Å². The van der Waals surface area contributed by atoms with E-state index in [0.717, 1.165) is 39.0 Å². The Morgan fingerprint density at radius 1 is 0.892 bits per heavy atom. The molecule has 5 rings (SSSR count). The van der Waals surface area contributed by atoms with Crippen molar-refractivity contribution in [2.24, 2.45) is 0 Å². The largest absolute Gasteiger partial charge is 0.353 e. The molecule has 0 saturated carbocycles. The van der Waals surface area contributed by atoms with E-state index in [4.69, 9.17) is 0 Å². The van der Waals surface area contributed by atoms with Crippen molar-refractivity contribution >= 4 is 17.3 Å². The maximum absolute atomic E-state index is 12.3. The second-order valence-corrected chi connectivity index (χ2v) is 10.0. The average Bonchev–Trinajstić information content (AvgIpc) is 2.94. The highest BCUT2D eigenvalue weighted by Crippen LogP contribution is 2.37. The zero-order valence-electron chi connectivity index (χ0n) is 21.6. The highest BCUT2D eigenvalue weighted by Gasteiger charge is 2.34. The molecule has 0 spiro atoms. The summed E-state index contributed by atoms with van der Waals surface area (Å²) in [5, 5.41) is 12.3. The summed E-state index contributed by atoms with van der Waals surface area (Å²) in [4.78, 5) is 29.6. The van der Waals surface area contributed by atoms with Crippen molar-refractivity contribution in [2.45, 2.75) is 24.9 Å². The molecule has 2 saturated heterocycles. The van der Waals surface area contributed by atoms with Gasteiger partial charge in [0.15, 0.2) is 0 Å². The van der Waals surface area contributed by atoms with Crippen LogP contribution in [0.4, 0.5) is 17.3 Å². The quantitative estimate of drug-likeness (QED) is 0.357. The number of piperazine rings is 1. The minimum absolute atomic E-state index is 0.0139. The van der Waals surface area contributed by atoms with Crippen molar-refractivity contribution in [3.8, 4) is 0 Å². The van der Waals surface area contributed by atoms with Gasteiger partial charge in [-0.3, -0.25) is 15.0 Å². The number of rotatable bonds is 7. The summed E-state index contributed by atoms with van der Waals surface area (Å²) in [7, 11) is 4.04. The average molecular weight is 502 g/mol. The number of benzene rings is 2. The monoisotopic (exact) mass is 501 g/mol. The Morgan fingerprint density at radius 3 is 2.00 bits per heavy atom. The first kappa shape index (κ1) is 25.1. The van der Waals surface area contributed by atoms with E-state index in [1.54, 1.807) is 0 Å². The predicted molar refractivity (Wildman–Crippen MR) is 146 cm³/mol. The molecule has 0 N–H and O–H groups in total. The van der Waals surface area contributed by atoms with Gasteiger partial charge in [-0.1, -0.05) is 60.7 Å². The number of likely N-dealkylation sites (tertiary alicyclic amines) is 1. The second kappa shape index (κ2) is 11.2. The van der Waals surface area contributed by atoms with Gasteiger partial charge in [-0.05, 0) is 44.1 Å². The molecule has 1 aromatic heterocycles. The van der Waals surface area contributed by atoms with Gasteiger partial charge < -0.3 is 14.7 Å². The lowest BCUT2D eigenvalue weighted by Gasteiger charge is -2.40. The molecular formula is C28H35N7O2. The van der Waals surface area contributed by atoms with Crippen LogP contribution in [0.1, 0.15) is 30.0 Å². The summed E-state index contributed by atoms with van der Waals surface area (Å²) in [5.41, 5.74) is 2.51. The highest BCUT2D eigenvalue weighted by molar-refractivity contribution is 5.71. The maximum Gasteiger partial charge on any atom is 0.353 e. The van der Waals surface area contributed by atoms with Gasteiger partial charge in [-0.25, -0.2) is 9.97 Å². The van der Waals surface area contributed by atoms with Crippen molar-refractivity contribution in [1.82, 2.24) is 19.8 Å². The summed E-state index contributed by atoms with van der Waals surface area (Å²) >= 11 is 0. The van der Waals surface area contributed by atoms with Gasteiger partial charge in [0.05, 0.1) is 11.0 Å². The fourth-order valence-corrected chi connectivity index (χ4v) is 5.65. The molecule has 2 aliphatic heterocycles. The zero-order valence-corrected chi connectivity index (χ0v) is 21.6. The number of aromatic nitrogens is 2. The van der Waals surface area contributed by atoms with Gasteiger partial charge in [-0.15, -0.1) is 0 Å². The lowest BCUT2D eigenvalue weighted by atomic mass is 9.96. The third kappa shape index (κ3) is 5.42. The van der Waals surface area contributed by atoms with Crippen molar-refractivity contribution in [1.29, 1.82) is 0 Å². The zero-order chi connectivity index (χ0) is 25.8. The molecule has 0 atom stereocenters. The van der Waals surface area contributed by atoms with Crippen LogP contribution in [0.5, 0.6) is 0 Å². The van der Waals surface area contributed by atoms with Crippen molar-refractivity contribution in [3.63, 3.8) is 0 Å². The SMILES string of the molecule is CN1CCC(N(C)c2ncnc(N3CCN(C(c4ccccc4)c4ccccc4)CC3)c2[N+](=O)[O-])CC1. The topological polar surface area (TPSA) is 81.9 Å². The van der Waals surface area contributed by atoms with Gasteiger partial charge >= 0.3 is 5.69 Å². The van der Waals surface area contributed by atoms with Crippen molar-refractivity contribution < 1.29 is 4.92 Å². The minimum atomic E-state index is -0.306. The molecule has 0 bridgehead atoms. The number of hydrogen-bond acceptors (Lipinski definition) is 8. The molecule has 3 heterocycles. The number of hydrogen-bond donors (Lipinski definition) is 0. The molecule has 0 unspecified atom stereocenters. The number of nitrogens with zero attached hydrogens (tertiary/aromatic N) is 7. The Hall–Kier alpha value is -3.56. The molecule has 9 heteroatoms. The van der Waals surface area contributed by atoms with Gasteiger partial charge in [-0.2, -0.15) is 0 Å². The van der Waals surface area contributed by atoms with Crippen LogP contribution in [0.3, 0.4) is 0 Å². The van der Waals surface area contributed by atoms with Gasteiger partial charge in [0.25, 0.3) is 0 Å². The van der Waals surface area contributed by atoms with Crippen LogP contribution in [-0.4, -0.2) is 84.1 Å². The standard InChI is InChI=1S/C28H35N7O2/c1-31-15-13-24(14-16-31)32(2)27-26(35(36)37)28(30-21-29-27)34-19-17-33(18-20-34)25(22-9-5-3-6-10-22)23-11-7-4-8-12-23/h3-12,21,24-25H,13-20H2,1-2H3. The molecule has 2 aromatic carbocycles. The fraction of sp³-hybridized carbons (Fsp3) is 0.429. The van der Waals surface area contributed by atoms with Crippen LogP contribution < -0.4 is 9.80 Å². The van der Waals surface area contributed by atoms with Crippen molar-refractivity contribution in [2.75, 3.05) is 63.2 Å². The van der Waals surface area contributed by atoms with Gasteiger partial charge in [0.2, 0.25) is 11.6 Å². The Morgan fingerprint density at radius 2 is 1.46 bits per heavy atom. The minimum Gasteiger partial charge on any atom is -0.351 e. The van der Waals surface area contributed by atoms with Gasteiger partial charge in [0, 0.05) is 39.3 Å². The summed E-state index contributed by atoms with van der Waals surface area (Å²) in [6, 6.07) is 21.4. The van der Waals surface area contributed by atoms with Gasteiger partial charge in [0.1, 0.15) is 6.33 Å². The fourth-order valence-electron chi connectivity index (χ4n) is 5.65. The van der Waals surface area contributed by atoms with Crippen LogP contribution in [0, 0.1) is 10.1 Å². The summed E-state index contributed by atoms with van der Waals surface area (Å²) in [5.74, 6) is 0.837. The van der Waals surface area contributed by atoms with Crippen molar-refractivity contribution in [3.05, 3.63) is 88.2 Å². The summed E-state index contributed by atoms with van der Waals surface area (Å²) in [6.45, 7) is 4.82. The first-order chi connectivity index (χ1) is 18.0. The Kier molecular flexibility index (Phi) is 7.62. The molecule has 2 fully saturated rings. The van der Waals surface area contributed by atoms with E-state index in [9.17, 15) is 10.1 Å². The second-order valence-electron chi connectivity index (χ2n) is 10.0. The van der Waals surface area contributed by atoms with Crippen LogP contribution in [-0.2, 0) is 0 Å². The first-order valence-corrected chi connectivity index (χ1v) is 13.0. The molecular weight excluding hydrogens is 466 g/mol. The number of anilines is 2. The summed E-state index contributed by atoms with van der Waals surface area (Å²) in [6.07, 6.45) is 3.40. The molecule has 0 aliphatic carbocycles. The number of nitro groups is 1. The lowest BCUT2D eigenvalue weighted by Crippen LogP contribution is -2.48. The molecule has 2 aliphatic rings.